The van der Waals surface area contributed by atoms with E-state index in [1.165, 1.54) is 11.0 Å². The number of rotatable bonds is 1. The highest BCUT2D eigenvalue weighted by Crippen LogP contribution is 2.35. The van der Waals surface area contributed by atoms with E-state index in [0.29, 0.717) is 6.42 Å². The van der Waals surface area contributed by atoms with Crippen molar-refractivity contribution in [3.05, 3.63) is 34.3 Å². The van der Waals surface area contributed by atoms with E-state index < -0.39 is 10.0 Å². The van der Waals surface area contributed by atoms with Gasteiger partial charge in [-0.3, -0.25) is 0 Å². The SMILES string of the molecule is NC1CCC2=C(C1)C(=CS(N)(=O)=O)CC=C2. The van der Waals surface area contributed by atoms with Gasteiger partial charge in [-0.15, -0.1) is 0 Å². The number of hydrogen-bond donors (Lipinski definition) is 2. The zero-order valence-electron chi connectivity index (χ0n) is 9.02. The lowest BCUT2D eigenvalue weighted by Gasteiger charge is -2.27. The van der Waals surface area contributed by atoms with E-state index in [4.69, 9.17) is 10.9 Å². The van der Waals surface area contributed by atoms with Crippen LogP contribution in [-0.2, 0) is 10.0 Å². The van der Waals surface area contributed by atoms with Crippen molar-refractivity contribution in [2.24, 2.45) is 10.9 Å². The van der Waals surface area contributed by atoms with Crippen molar-refractivity contribution >= 4 is 10.0 Å². The van der Waals surface area contributed by atoms with Crippen molar-refractivity contribution in [1.29, 1.82) is 0 Å². The van der Waals surface area contributed by atoms with Gasteiger partial charge in [0.15, 0.2) is 0 Å². The van der Waals surface area contributed by atoms with Gasteiger partial charge in [-0.25, -0.2) is 13.6 Å². The predicted octanol–water partition coefficient (Wildman–Crippen LogP) is 0.926. The van der Waals surface area contributed by atoms with E-state index >= 15 is 0 Å². The second kappa shape index (κ2) is 4.16. The Morgan fingerprint density at radius 1 is 1.44 bits per heavy atom. The van der Waals surface area contributed by atoms with Crippen LogP contribution in [0.1, 0.15) is 25.7 Å². The lowest BCUT2D eigenvalue weighted by Crippen LogP contribution is -2.26. The number of nitrogens with two attached hydrogens (primary N) is 2. The van der Waals surface area contributed by atoms with Crippen LogP contribution in [0.3, 0.4) is 0 Å². The van der Waals surface area contributed by atoms with Crippen molar-refractivity contribution in [3.63, 3.8) is 0 Å². The first kappa shape index (κ1) is 11.6. The molecule has 1 unspecified atom stereocenters. The Bertz CT molecular complexity index is 486. The molecular weight excluding hydrogens is 224 g/mol. The van der Waals surface area contributed by atoms with Gasteiger partial charge >= 0.3 is 0 Å². The van der Waals surface area contributed by atoms with Crippen LogP contribution in [0.25, 0.3) is 0 Å². The maximum atomic E-state index is 11.1. The van der Waals surface area contributed by atoms with Crippen molar-refractivity contribution in [3.8, 4) is 0 Å². The number of hydrogen-bond acceptors (Lipinski definition) is 3. The second-order valence-corrected chi connectivity index (χ2v) is 5.76. The lowest BCUT2D eigenvalue weighted by atomic mass is 9.81. The summed E-state index contributed by atoms with van der Waals surface area (Å²) in [5.74, 6) is 0. The van der Waals surface area contributed by atoms with Crippen molar-refractivity contribution < 1.29 is 8.42 Å². The van der Waals surface area contributed by atoms with Gasteiger partial charge in [0, 0.05) is 11.4 Å². The molecule has 0 aliphatic heterocycles. The van der Waals surface area contributed by atoms with Crippen LogP contribution in [0.15, 0.2) is 34.3 Å². The molecule has 4 N–H and O–H groups in total. The summed E-state index contributed by atoms with van der Waals surface area (Å²) < 4.78 is 22.2. The molecule has 16 heavy (non-hydrogen) atoms. The third-order valence-corrected chi connectivity index (χ3v) is 3.60. The molecule has 0 aromatic rings. The van der Waals surface area contributed by atoms with Gasteiger partial charge in [0.05, 0.1) is 0 Å². The molecular formula is C11H16N2O2S. The predicted molar refractivity (Wildman–Crippen MR) is 63.8 cm³/mol. The van der Waals surface area contributed by atoms with E-state index in [0.717, 1.165) is 30.4 Å². The Hall–Kier alpha value is -0.910. The molecule has 88 valence electrons. The van der Waals surface area contributed by atoms with Crippen LogP contribution < -0.4 is 10.9 Å². The Morgan fingerprint density at radius 2 is 2.19 bits per heavy atom. The van der Waals surface area contributed by atoms with E-state index in [9.17, 15) is 8.42 Å². The molecule has 1 atom stereocenters. The summed E-state index contributed by atoms with van der Waals surface area (Å²) in [4.78, 5) is 0. The first-order chi connectivity index (χ1) is 7.46. The van der Waals surface area contributed by atoms with Crippen molar-refractivity contribution in [2.45, 2.75) is 31.7 Å². The molecule has 0 saturated carbocycles. The smallest absolute Gasteiger partial charge is 0.231 e. The highest BCUT2D eigenvalue weighted by molar-refractivity contribution is 7.92. The fourth-order valence-electron chi connectivity index (χ4n) is 2.28. The number of sulfonamides is 1. The summed E-state index contributed by atoms with van der Waals surface area (Å²) in [5, 5.41) is 6.21. The summed E-state index contributed by atoms with van der Waals surface area (Å²) in [5.41, 5.74) is 8.99. The Balaban J connectivity index is 2.40. The summed E-state index contributed by atoms with van der Waals surface area (Å²) in [7, 11) is -3.56. The summed E-state index contributed by atoms with van der Waals surface area (Å²) >= 11 is 0. The molecule has 0 bridgehead atoms. The molecule has 4 nitrogen and oxygen atoms in total. The summed E-state index contributed by atoms with van der Waals surface area (Å²) in [6.45, 7) is 0. The van der Waals surface area contributed by atoms with E-state index in [1.807, 2.05) is 6.08 Å². The fourth-order valence-corrected chi connectivity index (χ4v) is 2.91. The maximum Gasteiger partial charge on any atom is 0.231 e. The van der Waals surface area contributed by atoms with Gasteiger partial charge in [-0.05, 0) is 42.4 Å². The standard InChI is InChI=1S/C11H16N2O2S/c12-10-5-4-8-2-1-3-9(11(8)6-10)7-16(13,14)15/h1-2,7,10H,3-6,12H2,(H2,13,14,15). The lowest BCUT2D eigenvalue weighted by molar-refractivity contribution is 0.574. The first-order valence-electron chi connectivity index (χ1n) is 5.33. The quantitative estimate of drug-likeness (QED) is 0.714. The van der Waals surface area contributed by atoms with Gasteiger partial charge in [-0.1, -0.05) is 12.2 Å². The molecule has 0 aromatic carbocycles. The highest BCUT2D eigenvalue weighted by Gasteiger charge is 2.22. The largest absolute Gasteiger partial charge is 0.327 e. The third-order valence-electron chi connectivity index (χ3n) is 2.99. The van der Waals surface area contributed by atoms with Crippen LogP contribution in [0, 0.1) is 0 Å². The van der Waals surface area contributed by atoms with E-state index in [2.05, 4.69) is 6.08 Å². The Labute approximate surface area is 95.7 Å². The molecule has 0 heterocycles. The Kier molecular flexibility index (Phi) is 3.01. The highest BCUT2D eigenvalue weighted by atomic mass is 32.2. The minimum Gasteiger partial charge on any atom is -0.327 e. The second-order valence-electron chi connectivity index (χ2n) is 4.35. The van der Waals surface area contributed by atoms with Gasteiger partial charge in [0.2, 0.25) is 10.0 Å². The molecule has 2 aliphatic rings. The van der Waals surface area contributed by atoms with Crippen LogP contribution in [0.4, 0.5) is 0 Å². The van der Waals surface area contributed by atoms with Gasteiger partial charge in [-0.2, -0.15) is 0 Å². The van der Waals surface area contributed by atoms with E-state index in [1.54, 1.807) is 0 Å². The third kappa shape index (κ3) is 2.61. The van der Waals surface area contributed by atoms with Crippen LogP contribution in [0.5, 0.6) is 0 Å². The molecule has 5 heteroatoms. The molecule has 0 spiro atoms. The zero-order valence-corrected chi connectivity index (χ0v) is 9.83. The molecule has 0 radical (unpaired) electrons. The first-order valence-corrected chi connectivity index (χ1v) is 6.94. The zero-order chi connectivity index (χ0) is 11.8. The minimum absolute atomic E-state index is 0.133. The average Bonchev–Trinajstić information content (AvgIpc) is 2.17. The topological polar surface area (TPSA) is 86.2 Å². The summed E-state index contributed by atoms with van der Waals surface area (Å²) in [6.07, 6.45) is 7.32. The molecule has 0 saturated heterocycles. The van der Waals surface area contributed by atoms with Crippen LogP contribution in [0.2, 0.25) is 0 Å². The summed E-state index contributed by atoms with van der Waals surface area (Å²) in [6, 6.07) is 0.133. The molecule has 0 aromatic heterocycles. The average molecular weight is 240 g/mol. The maximum absolute atomic E-state index is 11.1. The normalized spacial score (nSPS) is 28.4. The monoisotopic (exact) mass is 240 g/mol. The van der Waals surface area contributed by atoms with Gasteiger partial charge in [0.1, 0.15) is 0 Å². The van der Waals surface area contributed by atoms with Gasteiger partial charge < -0.3 is 5.73 Å². The molecule has 0 fully saturated rings. The van der Waals surface area contributed by atoms with Crippen molar-refractivity contribution in [1.82, 2.24) is 0 Å². The van der Waals surface area contributed by atoms with Crippen LogP contribution >= 0.6 is 0 Å². The molecule has 2 aliphatic carbocycles. The van der Waals surface area contributed by atoms with Crippen LogP contribution in [-0.4, -0.2) is 14.5 Å². The number of allylic oxidation sites excluding steroid dienone is 4. The van der Waals surface area contributed by atoms with E-state index in [-0.39, 0.29) is 6.04 Å². The molecule has 2 rings (SSSR count). The minimum atomic E-state index is -3.56. The van der Waals surface area contributed by atoms with Crippen molar-refractivity contribution in [2.75, 3.05) is 0 Å². The number of primary sulfonamides is 1. The Morgan fingerprint density at radius 3 is 2.88 bits per heavy atom. The fraction of sp³-hybridized carbons (Fsp3) is 0.455. The van der Waals surface area contributed by atoms with Gasteiger partial charge in [0.25, 0.3) is 0 Å². The molecule has 0 amide bonds.